The number of nitrogens with zero attached hydrogens (tertiary/aromatic N) is 1. The molecule has 1 heterocycles. The highest BCUT2D eigenvalue weighted by Crippen LogP contribution is 2.36. The van der Waals surface area contributed by atoms with Crippen LogP contribution >= 0.6 is 0 Å². The van der Waals surface area contributed by atoms with Crippen LogP contribution in [-0.2, 0) is 6.18 Å². The van der Waals surface area contributed by atoms with Gasteiger partial charge in [-0.15, -0.1) is 0 Å². The van der Waals surface area contributed by atoms with Crippen LogP contribution in [0.5, 0.6) is 5.75 Å². The van der Waals surface area contributed by atoms with Gasteiger partial charge in [0.25, 0.3) is 0 Å². The molecule has 1 aromatic heterocycles. The van der Waals surface area contributed by atoms with Crippen LogP contribution in [0, 0.1) is 0 Å². The predicted octanol–water partition coefficient (Wildman–Crippen LogP) is 3.71. The first-order valence-corrected chi connectivity index (χ1v) is 4.91. The molecular weight excluding hydrogens is 247 g/mol. The quantitative estimate of drug-likeness (QED) is 0.889. The molecule has 0 fully saturated rings. The highest BCUT2D eigenvalue weighted by Gasteiger charge is 2.31. The van der Waals surface area contributed by atoms with Gasteiger partial charge in [0.15, 0.2) is 5.76 Å². The molecule has 1 aromatic carbocycles. The molecule has 0 spiro atoms. The molecule has 3 nitrogen and oxygen atoms in total. The van der Waals surface area contributed by atoms with E-state index in [-0.39, 0.29) is 17.0 Å². The van der Waals surface area contributed by atoms with Crippen LogP contribution in [0.25, 0.3) is 17.3 Å². The highest BCUT2D eigenvalue weighted by atomic mass is 19.4. The second kappa shape index (κ2) is 4.21. The van der Waals surface area contributed by atoms with Crippen molar-refractivity contribution >= 4 is 6.08 Å². The van der Waals surface area contributed by atoms with Gasteiger partial charge < -0.3 is 9.63 Å². The zero-order valence-corrected chi connectivity index (χ0v) is 9.03. The van der Waals surface area contributed by atoms with Crippen molar-refractivity contribution < 1.29 is 22.8 Å². The number of halogens is 3. The van der Waals surface area contributed by atoms with E-state index in [0.29, 0.717) is 5.76 Å². The SMILES string of the molecule is C=Cc1cc(-c2cc(C(F)(F)F)ccc2O)no1. The summed E-state index contributed by atoms with van der Waals surface area (Å²) in [5.74, 6) is 0.00808. The summed E-state index contributed by atoms with van der Waals surface area (Å²) in [4.78, 5) is 0. The molecular formula is C12H8F3NO2. The lowest BCUT2D eigenvalue weighted by Gasteiger charge is -2.08. The lowest BCUT2D eigenvalue weighted by molar-refractivity contribution is -0.137. The van der Waals surface area contributed by atoms with E-state index in [0.717, 1.165) is 18.2 Å². The fourth-order valence-corrected chi connectivity index (χ4v) is 1.43. The number of alkyl halides is 3. The smallest absolute Gasteiger partial charge is 0.416 e. The second-order valence-corrected chi connectivity index (χ2v) is 3.55. The molecule has 18 heavy (non-hydrogen) atoms. The molecule has 2 aromatic rings. The Kier molecular flexibility index (Phi) is 2.86. The summed E-state index contributed by atoms with van der Waals surface area (Å²) >= 11 is 0. The van der Waals surface area contributed by atoms with Crippen LogP contribution in [0.3, 0.4) is 0 Å². The first-order chi connectivity index (χ1) is 8.41. The standard InChI is InChI=1S/C12H8F3NO2/c1-2-8-6-10(16-18-8)9-5-7(12(13,14)15)3-4-11(9)17/h2-6,17H,1H2. The van der Waals surface area contributed by atoms with Gasteiger partial charge in [-0.1, -0.05) is 11.7 Å². The van der Waals surface area contributed by atoms with Crippen LogP contribution < -0.4 is 0 Å². The molecule has 0 aliphatic heterocycles. The number of aromatic hydroxyl groups is 1. The Labute approximate surface area is 100 Å². The third-order valence-corrected chi connectivity index (χ3v) is 2.33. The largest absolute Gasteiger partial charge is 0.507 e. The Morgan fingerprint density at radius 2 is 2.00 bits per heavy atom. The van der Waals surface area contributed by atoms with Crippen molar-refractivity contribution in [2.24, 2.45) is 0 Å². The lowest BCUT2D eigenvalue weighted by Crippen LogP contribution is -2.04. The van der Waals surface area contributed by atoms with Crippen molar-refractivity contribution in [3.05, 3.63) is 42.2 Å². The normalized spacial score (nSPS) is 11.5. The van der Waals surface area contributed by atoms with Gasteiger partial charge in [-0.25, -0.2) is 0 Å². The summed E-state index contributed by atoms with van der Waals surface area (Å²) in [6.07, 6.45) is -3.12. The molecule has 0 atom stereocenters. The second-order valence-electron chi connectivity index (χ2n) is 3.55. The maximum Gasteiger partial charge on any atom is 0.416 e. The van der Waals surface area contributed by atoms with Crippen molar-refractivity contribution in [1.82, 2.24) is 5.16 Å². The Morgan fingerprint density at radius 1 is 1.28 bits per heavy atom. The summed E-state index contributed by atoms with van der Waals surface area (Å²) in [5, 5.41) is 13.1. The van der Waals surface area contributed by atoms with Crippen LogP contribution in [-0.4, -0.2) is 10.3 Å². The van der Waals surface area contributed by atoms with E-state index < -0.39 is 11.7 Å². The topological polar surface area (TPSA) is 46.3 Å². The van der Waals surface area contributed by atoms with Crippen LogP contribution in [0.4, 0.5) is 13.2 Å². The zero-order valence-electron chi connectivity index (χ0n) is 9.03. The van der Waals surface area contributed by atoms with E-state index in [9.17, 15) is 18.3 Å². The Morgan fingerprint density at radius 3 is 2.56 bits per heavy atom. The summed E-state index contributed by atoms with van der Waals surface area (Å²) in [6.45, 7) is 3.44. The molecule has 0 radical (unpaired) electrons. The number of benzene rings is 1. The van der Waals surface area contributed by atoms with Crippen molar-refractivity contribution in [1.29, 1.82) is 0 Å². The van der Waals surface area contributed by atoms with Gasteiger partial charge in [-0.2, -0.15) is 13.2 Å². The number of phenolic OH excluding ortho intramolecular Hbond substituents is 1. The van der Waals surface area contributed by atoms with E-state index in [1.165, 1.54) is 12.1 Å². The molecule has 0 aliphatic rings. The van der Waals surface area contributed by atoms with Gasteiger partial charge >= 0.3 is 6.18 Å². The molecule has 2 rings (SSSR count). The molecule has 0 saturated heterocycles. The van der Waals surface area contributed by atoms with Crippen molar-refractivity contribution in [3.63, 3.8) is 0 Å². The molecule has 6 heteroatoms. The third kappa shape index (κ3) is 2.22. The number of hydrogen-bond donors (Lipinski definition) is 1. The third-order valence-electron chi connectivity index (χ3n) is 2.33. The minimum absolute atomic E-state index is 0.0401. The van der Waals surface area contributed by atoms with E-state index in [1.54, 1.807) is 0 Å². The summed E-state index contributed by atoms with van der Waals surface area (Å²) in [5.41, 5.74) is -0.784. The maximum atomic E-state index is 12.5. The van der Waals surface area contributed by atoms with Gasteiger partial charge in [0.2, 0.25) is 0 Å². The van der Waals surface area contributed by atoms with E-state index in [4.69, 9.17) is 4.52 Å². The first kappa shape index (κ1) is 12.2. The van der Waals surface area contributed by atoms with Gasteiger partial charge in [0.1, 0.15) is 11.4 Å². The van der Waals surface area contributed by atoms with Gasteiger partial charge in [-0.3, -0.25) is 0 Å². The molecule has 0 saturated carbocycles. The Balaban J connectivity index is 2.52. The molecule has 0 bridgehead atoms. The molecule has 0 aliphatic carbocycles. The predicted molar refractivity (Wildman–Crippen MR) is 58.7 cm³/mol. The van der Waals surface area contributed by atoms with E-state index in [1.807, 2.05) is 0 Å². The lowest BCUT2D eigenvalue weighted by atomic mass is 10.1. The van der Waals surface area contributed by atoms with E-state index >= 15 is 0 Å². The maximum absolute atomic E-state index is 12.5. The number of hydrogen-bond acceptors (Lipinski definition) is 3. The fourth-order valence-electron chi connectivity index (χ4n) is 1.43. The minimum atomic E-state index is -4.48. The van der Waals surface area contributed by atoms with Crippen LogP contribution in [0.2, 0.25) is 0 Å². The van der Waals surface area contributed by atoms with Gasteiger partial charge in [-0.05, 0) is 24.3 Å². The number of aromatic nitrogens is 1. The highest BCUT2D eigenvalue weighted by molar-refractivity contribution is 5.68. The fraction of sp³-hybridized carbons (Fsp3) is 0.0833. The number of phenols is 1. The Bertz CT molecular complexity index is 587. The summed E-state index contributed by atoms with van der Waals surface area (Å²) < 4.78 is 42.4. The van der Waals surface area contributed by atoms with E-state index in [2.05, 4.69) is 11.7 Å². The van der Waals surface area contributed by atoms with Crippen LogP contribution in [0.15, 0.2) is 35.4 Å². The first-order valence-electron chi connectivity index (χ1n) is 4.91. The molecule has 1 N–H and O–H groups in total. The monoisotopic (exact) mass is 255 g/mol. The number of rotatable bonds is 2. The molecule has 0 unspecified atom stereocenters. The van der Waals surface area contributed by atoms with Crippen molar-refractivity contribution in [2.45, 2.75) is 6.18 Å². The Hall–Kier alpha value is -2.24. The minimum Gasteiger partial charge on any atom is -0.507 e. The van der Waals surface area contributed by atoms with Gasteiger partial charge in [0, 0.05) is 11.6 Å². The molecule has 0 amide bonds. The summed E-state index contributed by atoms with van der Waals surface area (Å²) in [7, 11) is 0. The zero-order chi connectivity index (χ0) is 13.3. The molecule has 94 valence electrons. The average molecular weight is 255 g/mol. The average Bonchev–Trinajstić information content (AvgIpc) is 2.76. The van der Waals surface area contributed by atoms with Gasteiger partial charge in [0.05, 0.1) is 5.56 Å². The van der Waals surface area contributed by atoms with Crippen molar-refractivity contribution in [2.75, 3.05) is 0 Å². The van der Waals surface area contributed by atoms with Crippen LogP contribution in [0.1, 0.15) is 11.3 Å². The summed E-state index contributed by atoms with van der Waals surface area (Å²) in [6, 6.07) is 3.98. The van der Waals surface area contributed by atoms with Crippen molar-refractivity contribution in [3.8, 4) is 17.0 Å².